The standard InChI is InChI=1S/C17H14N8O3/c1-27-14-5-13-11(7-22-25(13)28-10-26)4-12(14)23-16-6-17(21-9-20-16)24-15-2-3-18-8-19-15/h2-10H,1H3,(H2,18,19,20,21,23,24). The van der Waals surface area contributed by atoms with Crippen LogP contribution in [0.2, 0.25) is 0 Å². The van der Waals surface area contributed by atoms with Gasteiger partial charge in [-0.2, -0.15) is 0 Å². The van der Waals surface area contributed by atoms with Gasteiger partial charge in [-0.25, -0.2) is 19.9 Å². The van der Waals surface area contributed by atoms with E-state index in [1.165, 1.54) is 19.8 Å². The zero-order chi connectivity index (χ0) is 19.3. The minimum absolute atomic E-state index is 0.304. The molecule has 0 saturated carbocycles. The number of hydrogen-bond acceptors (Lipinski definition) is 10. The first-order valence-corrected chi connectivity index (χ1v) is 8.05. The van der Waals surface area contributed by atoms with Crippen molar-refractivity contribution in [3.05, 3.63) is 49.3 Å². The number of methoxy groups -OCH3 is 1. The van der Waals surface area contributed by atoms with E-state index in [1.54, 1.807) is 30.6 Å². The Bertz CT molecular complexity index is 1120. The Hall–Kier alpha value is -4.28. The predicted octanol–water partition coefficient (Wildman–Crippen LogP) is 1.70. The summed E-state index contributed by atoms with van der Waals surface area (Å²) in [6, 6.07) is 6.97. The maximum absolute atomic E-state index is 10.6. The second-order valence-corrected chi connectivity index (χ2v) is 5.46. The predicted molar refractivity (Wildman–Crippen MR) is 99.6 cm³/mol. The molecule has 0 saturated heterocycles. The van der Waals surface area contributed by atoms with Crippen LogP contribution in [0.4, 0.5) is 23.1 Å². The first-order chi connectivity index (χ1) is 13.8. The summed E-state index contributed by atoms with van der Waals surface area (Å²) in [5.41, 5.74) is 1.25. The lowest BCUT2D eigenvalue weighted by molar-refractivity contribution is -0.130. The fourth-order valence-electron chi connectivity index (χ4n) is 2.55. The second kappa shape index (κ2) is 7.53. The molecule has 0 amide bonds. The van der Waals surface area contributed by atoms with Gasteiger partial charge in [-0.3, -0.25) is 4.79 Å². The van der Waals surface area contributed by atoms with Crippen LogP contribution in [0, 0.1) is 0 Å². The van der Waals surface area contributed by atoms with E-state index in [9.17, 15) is 4.79 Å². The first-order valence-electron chi connectivity index (χ1n) is 8.05. The van der Waals surface area contributed by atoms with Crippen LogP contribution in [0.3, 0.4) is 0 Å². The molecule has 0 aliphatic rings. The number of hydrogen-bond donors (Lipinski definition) is 2. The van der Waals surface area contributed by atoms with Crippen LogP contribution in [-0.4, -0.2) is 43.5 Å². The van der Waals surface area contributed by atoms with E-state index in [-0.39, 0.29) is 0 Å². The molecule has 0 aliphatic heterocycles. The Kier molecular flexibility index (Phi) is 4.61. The summed E-state index contributed by atoms with van der Waals surface area (Å²) in [5.74, 6) is 2.23. The minimum Gasteiger partial charge on any atom is -0.494 e. The molecule has 0 bridgehead atoms. The van der Waals surface area contributed by atoms with Crippen molar-refractivity contribution in [2.45, 2.75) is 0 Å². The summed E-state index contributed by atoms with van der Waals surface area (Å²) < 4.78 is 5.43. The van der Waals surface area contributed by atoms with Crippen molar-refractivity contribution in [1.29, 1.82) is 0 Å². The van der Waals surface area contributed by atoms with Crippen LogP contribution in [0.15, 0.2) is 49.3 Å². The number of rotatable bonds is 7. The first kappa shape index (κ1) is 17.1. The van der Waals surface area contributed by atoms with Gasteiger partial charge in [0.1, 0.15) is 41.4 Å². The average molecular weight is 378 g/mol. The fourth-order valence-corrected chi connectivity index (χ4v) is 2.55. The summed E-state index contributed by atoms with van der Waals surface area (Å²) in [5, 5.41) is 11.0. The molecule has 0 aliphatic carbocycles. The van der Waals surface area contributed by atoms with Gasteiger partial charge in [0.25, 0.3) is 0 Å². The highest BCUT2D eigenvalue weighted by Gasteiger charge is 2.12. The zero-order valence-electron chi connectivity index (χ0n) is 14.6. The molecule has 4 rings (SSSR count). The van der Waals surface area contributed by atoms with Crippen molar-refractivity contribution in [2.75, 3.05) is 17.7 Å². The smallest absolute Gasteiger partial charge is 0.323 e. The van der Waals surface area contributed by atoms with E-state index in [2.05, 4.69) is 35.7 Å². The number of carbonyl (C=O) groups is 1. The normalized spacial score (nSPS) is 10.5. The number of benzene rings is 1. The zero-order valence-corrected chi connectivity index (χ0v) is 14.6. The quantitative estimate of drug-likeness (QED) is 0.458. The Balaban J connectivity index is 1.62. The van der Waals surface area contributed by atoms with E-state index in [0.29, 0.717) is 40.9 Å². The topological polar surface area (TPSA) is 129 Å². The highest BCUT2D eigenvalue weighted by atomic mass is 16.7. The highest BCUT2D eigenvalue weighted by Crippen LogP contribution is 2.32. The van der Waals surface area contributed by atoms with Gasteiger partial charge in [-0.1, -0.05) is 4.85 Å². The van der Waals surface area contributed by atoms with Crippen molar-refractivity contribution >= 4 is 40.5 Å². The van der Waals surface area contributed by atoms with E-state index in [4.69, 9.17) is 9.57 Å². The van der Waals surface area contributed by atoms with Crippen LogP contribution in [0.5, 0.6) is 5.75 Å². The van der Waals surface area contributed by atoms with Crippen LogP contribution in [0.1, 0.15) is 0 Å². The minimum atomic E-state index is 0.304. The third kappa shape index (κ3) is 3.49. The Morgan fingerprint density at radius 2 is 1.86 bits per heavy atom. The third-order valence-corrected chi connectivity index (χ3v) is 3.77. The molecule has 140 valence electrons. The summed E-state index contributed by atoms with van der Waals surface area (Å²) in [4.78, 5) is 32.9. The number of nitrogens with one attached hydrogen (secondary N) is 2. The van der Waals surface area contributed by atoms with Crippen molar-refractivity contribution in [2.24, 2.45) is 0 Å². The lowest BCUT2D eigenvalue weighted by Gasteiger charge is -2.12. The molecule has 11 heteroatoms. The molecule has 0 fully saturated rings. The van der Waals surface area contributed by atoms with Crippen molar-refractivity contribution in [1.82, 2.24) is 29.9 Å². The number of fused-ring (bicyclic) bond motifs is 1. The molecular formula is C17H14N8O3. The summed E-state index contributed by atoms with van der Waals surface area (Å²) in [6.45, 7) is 0.304. The number of aromatic nitrogens is 6. The van der Waals surface area contributed by atoms with E-state index < -0.39 is 0 Å². The maximum atomic E-state index is 10.6. The highest BCUT2D eigenvalue weighted by molar-refractivity contribution is 5.87. The van der Waals surface area contributed by atoms with Crippen LogP contribution in [0.25, 0.3) is 10.9 Å². The van der Waals surface area contributed by atoms with E-state index >= 15 is 0 Å². The molecule has 0 radical (unpaired) electrons. The van der Waals surface area contributed by atoms with Crippen molar-refractivity contribution < 1.29 is 14.4 Å². The van der Waals surface area contributed by atoms with Gasteiger partial charge in [-0.15, -0.1) is 5.10 Å². The molecule has 3 heterocycles. The van der Waals surface area contributed by atoms with Crippen LogP contribution < -0.4 is 20.2 Å². The molecule has 0 spiro atoms. The Labute approximate surface area is 158 Å². The third-order valence-electron chi connectivity index (χ3n) is 3.77. The number of anilines is 4. The van der Waals surface area contributed by atoms with Gasteiger partial charge in [0.05, 0.1) is 19.0 Å². The second-order valence-electron chi connectivity index (χ2n) is 5.46. The molecule has 11 nitrogen and oxygen atoms in total. The Morgan fingerprint density at radius 1 is 1.04 bits per heavy atom. The molecule has 3 aromatic heterocycles. The van der Waals surface area contributed by atoms with E-state index in [0.717, 1.165) is 10.2 Å². The van der Waals surface area contributed by atoms with Gasteiger partial charge in [0.15, 0.2) is 0 Å². The molecule has 1 aromatic carbocycles. The monoisotopic (exact) mass is 378 g/mol. The van der Waals surface area contributed by atoms with Gasteiger partial charge in [-0.05, 0) is 12.1 Å². The maximum Gasteiger partial charge on any atom is 0.323 e. The largest absolute Gasteiger partial charge is 0.494 e. The number of nitrogens with zero attached hydrogens (tertiary/aromatic N) is 6. The summed E-state index contributed by atoms with van der Waals surface area (Å²) in [6.07, 6.45) is 6.07. The lowest BCUT2D eigenvalue weighted by Crippen LogP contribution is -2.10. The van der Waals surface area contributed by atoms with Gasteiger partial charge in [0, 0.05) is 23.7 Å². The average Bonchev–Trinajstić information content (AvgIpc) is 3.10. The van der Waals surface area contributed by atoms with Gasteiger partial charge < -0.3 is 20.2 Å². The lowest BCUT2D eigenvalue weighted by atomic mass is 10.2. The van der Waals surface area contributed by atoms with Crippen LogP contribution in [-0.2, 0) is 4.79 Å². The molecular weight excluding hydrogens is 364 g/mol. The number of carbonyl (C=O) groups excluding carboxylic acids is 1. The number of ether oxygens (including phenoxy) is 1. The summed E-state index contributed by atoms with van der Waals surface area (Å²) >= 11 is 0. The summed E-state index contributed by atoms with van der Waals surface area (Å²) in [7, 11) is 1.54. The van der Waals surface area contributed by atoms with Crippen molar-refractivity contribution in [3.8, 4) is 5.75 Å². The Morgan fingerprint density at radius 3 is 2.61 bits per heavy atom. The molecule has 2 N–H and O–H groups in total. The molecule has 0 atom stereocenters. The molecule has 28 heavy (non-hydrogen) atoms. The fraction of sp³-hybridized carbons (Fsp3) is 0.0588. The van der Waals surface area contributed by atoms with Gasteiger partial charge in [0.2, 0.25) is 0 Å². The van der Waals surface area contributed by atoms with Crippen LogP contribution >= 0.6 is 0 Å². The van der Waals surface area contributed by atoms with Crippen molar-refractivity contribution in [3.63, 3.8) is 0 Å². The molecule has 4 aromatic rings. The van der Waals surface area contributed by atoms with E-state index in [1.807, 2.05) is 6.07 Å². The van der Waals surface area contributed by atoms with Gasteiger partial charge >= 0.3 is 6.47 Å². The SMILES string of the molecule is COc1cc2c(cnn2OC=O)cc1Nc1cc(Nc2ccncn2)ncn1. The molecule has 0 unspecified atom stereocenters.